The molecule has 13 heavy (non-hydrogen) atoms. The Kier molecular flexibility index (Phi) is 3.64. The topological polar surface area (TPSA) is 36.7 Å². The second-order valence-electron chi connectivity index (χ2n) is 3.18. The number of rotatable bonds is 0. The average Bonchev–Trinajstić information content (AvgIpc) is 2.29. The SMILES string of the molecule is N=C1CCCCc2ncccc21.[Fe]. The Hall–Kier alpha value is -0.661. The molecule has 70 valence electrons. The van der Waals surface area contributed by atoms with Crippen LogP contribution in [0.25, 0.3) is 0 Å². The zero-order valence-electron chi connectivity index (χ0n) is 7.36. The van der Waals surface area contributed by atoms with Gasteiger partial charge in [-0.1, -0.05) is 0 Å². The fraction of sp³-hybridized carbons (Fsp3) is 0.400. The van der Waals surface area contributed by atoms with Crippen LogP contribution >= 0.6 is 0 Å². The molecule has 1 aromatic rings. The van der Waals surface area contributed by atoms with Crippen molar-refractivity contribution in [3.05, 3.63) is 29.6 Å². The van der Waals surface area contributed by atoms with Crippen molar-refractivity contribution in [1.29, 1.82) is 5.41 Å². The second-order valence-corrected chi connectivity index (χ2v) is 3.18. The molecule has 1 aromatic heterocycles. The smallest absolute Gasteiger partial charge is 0.0493 e. The number of aryl methyl sites for hydroxylation is 1. The van der Waals surface area contributed by atoms with Crippen LogP contribution < -0.4 is 0 Å². The van der Waals surface area contributed by atoms with Gasteiger partial charge in [0.05, 0.1) is 0 Å². The molecule has 0 saturated heterocycles. The number of fused-ring (bicyclic) bond motifs is 1. The summed E-state index contributed by atoms with van der Waals surface area (Å²) in [6.07, 6.45) is 6.08. The first-order chi connectivity index (χ1) is 5.88. The van der Waals surface area contributed by atoms with Gasteiger partial charge in [0.25, 0.3) is 0 Å². The number of nitrogens with one attached hydrogen (secondary N) is 1. The zero-order valence-corrected chi connectivity index (χ0v) is 8.47. The van der Waals surface area contributed by atoms with E-state index in [1.54, 1.807) is 0 Å². The van der Waals surface area contributed by atoms with E-state index >= 15 is 0 Å². The first kappa shape index (κ1) is 10.4. The Balaban J connectivity index is 0.000000845. The molecule has 0 fully saturated rings. The molecule has 1 aliphatic rings. The summed E-state index contributed by atoms with van der Waals surface area (Å²) >= 11 is 0. The third-order valence-corrected chi connectivity index (χ3v) is 2.31. The van der Waals surface area contributed by atoms with E-state index < -0.39 is 0 Å². The number of nitrogens with zero attached hydrogens (tertiary/aromatic N) is 1. The van der Waals surface area contributed by atoms with Gasteiger partial charge in [-0.05, 0) is 37.8 Å². The Morgan fingerprint density at radius 3 is 2.85 bits per heavy atom. The molecule has 0 aliphatic heterocycles. The Morgan fingerprint density at radius 1 is 1.23 bits per heavy atom. The standard InChI is InChI=1S/C10H12N2.Fe/c11-9-5-1-2-6-10-8(9)4-3-7-12-10;/h3-4,7,11H,1-2,5-6H2;. The molecular formula is C10H12FeN2. The monoisotopic (exact) mass is 216 g/mol. The van der Waals surface area contributed by atoms with Crippen LogP contribution in [0.15, 0.2) is 18.3 Å². The Morgan fingerprint density at radius 2 is 2.00 bits per heavy atom. The van der Waals surface area contributed by atoms with Gasteiger partial charge in [0, 0.05) is 40.2 Å². The van der Waals surface area contributed by atoms with Crippen LogP contribution in [0.5, 0.6) is 0 Å². The largest absolute Gasteiger partial charge is 0.305 e. The summed E-state index contributed by atoms with van der Waals surface area (Å²) in [7, 11) is 0. The summed E-state index contributed by atoms with van der Waals surface area (Å²) in [5.41, 5.74) is 2.94. The van der Waals surface area contributed by atoms with Gasteiger partial charge in [0.1, 0.15) is 0 Å². The molecular weight excluding hydrogens is 204 g/mol. The molecule has 0 atom stereocenters. The maximum Gasteiger partial charge on any atom is 0.0493 e. The molecule has 1 heterocycles. The minimum absolute atomic E-state index is 0. The van der Waals surface area contributed by atoms with Gasteiger partial charge >= 0.3 is 0 Å². The van der Waals surface area contributed by atoms with E-state index in [2.05, 4.69) is 4.98 Å². The van der Waals surface area contributed by atoms with Crippen molar-refractivity contribution >= 4 is 5.71 Å². The molecule has 0 amide bonds. The summed E-state index contributed by atoms with van der Waals surface area (Å²) in [5.74, 6) is 0. The zero-order chi connectivity index (χ0) is 8.39. The van der Waals surface area contributed by atoms with Gasteiger partial charge in [0.15, 0.2) is 0 Å². The molecule has 1 aliphatic carbocycles. The fourth-order valence-corrected chi connectivity index (χ4v) is 1.64. The van der Waals surface area contributed by atoms with E-state index in [0.717, 1.165) is 36.2 Å². The molecule has 0 spiro atoms. The van der Waals surface area contributed by atoms with Crippen LogP contribution in [-0.2, 0) is 23.5 Å². The van der Waals surface area contributed by atoms with Crippen molar-refractivity contribution in [1.82, 2.24) is 4.98 Å². The van der Waals surface area contributed by atoms with Crippen LogP contribution in [0.4, 0.5) is 0 Å². The van der Waals surface area contributed by atoms with Gasteiger partial charge < -0.3 is 5.41 Å². The quantitative estimate of drug-likeness (QED) is 0.523. The van der Waals surface area contributed by atoms with Gasteiger partial charge in [0.2, 0.25) is 0 Å². The molecule has 2 nitrogen and oxygen atoms in total. The third-order valence-electron chi connectivity index (χ3n) is 2.31. The minimum Gasteiger partial charge on any atom is -0.305 e. The number of hydrogen-bond donors (Lipinski definition) is 1. The average molecular weight is 216 g/mol. The molecule has 0 bridgehead atoms. The summed E-state index contributed by atoms with van der Waals surface area (Å²) in [5, 5.41) is 7.77. The normalized spacial score (nSPS) is 15.5. The number of pyridine rings is 1. The predicted molar refractivity (Wildman–Crippen MR) is 48.6 cm³/mol. The van der Waals surface area contributed by atoms with Gasteiger partial charge in [-0.3, -0.25) is 4.98 Å². The summed E-state index contributed by atoms with van der Waals surface area (Å²) in [6.45, 7) is 0. The van der Waals surface area contributed by atoms with Crippen LogP contribution in [0, 0.1) is 5.41 Å². The van der Waals surface area contributed by atoms with Crippen molar-refractivity contribution in [3.63, 3.8) is 0 Å². The van der Waals surface area contributed by atoms with E-state index in [9.17, 15) is 0 Å². The Labute approximate surface area is 88.8 Å². The van der Waals surface area contributed by atoms with E-state index in [-0.39, 0.29) is 17.1 Å². The molecule has 0 saturated carbocycles. The number of hydrogen-bond acceptors (Lipinski definition) is 2. The van der Waals surface area contributed by atoms with Gasteiger partial charge in [-0.25, -0.2) is 0 Å². The first-order valence-corrected chi connectivity index (χ1v) is 4.39. The summed E-state index contributed by atoms with van der Waals surface area (Å²) < 4.78 is 0. The maximum atomic E-state index is 7.77. The van der Waals surface area contributed by atoms with Crippen LogP contribution in [-0.4, -0.2) is 10.7 Å². The summed E-state index contributed by atoms with van der Waals surface area (Å²) in [4.78, 5) is 4.29. The van der Waals surface area contributed by atoms with Crippen molar-refractivity contribution in [2.45, 2.75) is 25.7 Å². The van der Waals surface area contributed by atoms with Gasteiger partial charge in [-0.15, -0.1) is 0 Å². The van der Waals surface area contributed by atoms with Crippen molar-refractivity contribution in [3.8, 4) is 0 Å². The van der Waals surface area contributed by atoms with Crippen LogP contribution in [0.3, 0.4) is 0 Å². The van der Waals surface area contributed by atoms with E-state index in [0.29, 0.717) is 0 Å². The third kappa shape index (κ3) is 2.17. The van der Waals surface area contributed by atoms with Crippen molar-refractivity contribution in [2.75, 3.05) is 0 Å². The molecule has 3 heteroatoms. The summed E-state index contributed by atoms with van der Waals surface area (Å²) in [6, 6.07) is 3.93. The van der Waals surface area contributed by atoms with Crippen LogP contribution in [0.1, 0.15) is 30.5 Å². The molecule has 0 radical (unpaired) electrons. The maximum absolute atomic E-state index is 7.77. The molecule has 0 aromatic carbocycles. The van der Waals surface area contributed by atoms with Crippen molar-refractivity contribution < 1.29 is 17.1 Å². The van der Waals surface area contributed by atoms with E-state index in [4.69, 9.17) is 5.41 Å². The fourth-order valence-electron chi connectivity index (χ4n) is 1.64. The van der Waals surface area contributed by atoms with Crippen LogP contribution in [0.2, 0.25) is 0 Å². The van der Waals surface area contributed by atoms with Gasteiger partial charge in [-0.2, -0.15) is 0 Å². The minimum atomic E-state index is 0. The second kappa shape index (κ2) is 4.54. The molecule has 0 unspecified atom stereocenters. The number of aromatic nitrogens is 1. The van der Waals surface area contributed by atoms with E-state index in [1.807, 2.05) is 18.3 Å². The van der Waals surface area contributed by atoms with Crippen molar-refractivity contribution in [2.24, 2.45) is 0 Å². The molecule has 2 rings (SSSR count). The Bertz CT molecular complexity index is 310. The van der Waals surface area contributed by atoms with E-state index in [1.165, 1.54) is 6.42 Å². The predicted octanol–water partition coefficient (Wildman–Crippen LogP) is 2.17. The first-order valence-electron chi connectivity index (χ1n) is 4.39. The molecule has 1 N–H and O–H groups in total.